The van der Waals surface area contributed by atoms with Gasteiger partial charge in [0.15, 0.2) is 11.5 Å². The third kappa shape index (κ3) is 4.37. The lowest BCUT2D eigenvalue weighted by Gasteiger charge is -2.09. The number of thiazole rings is 1. The van der Waals surface area contributed by atoms with Crippen LogP contribution in [0.15, 0.2) is 59.0 Å². The second-order valence-electron chi connectivity index (χ2n) is 6.38. The zero-order chi connectivity index (χ0) is 19.3. The molecule has 0 atom stereocenters. The summed E-state index contributed by atoms with van der Waals surface area (Å²) >= 11 is 1.49. The number of methoxy groups -OCH3 is 1. The molecule has 0 radical (unpaired) electrons. The van der Waals surface area contributed by atoms with Gasteiger partial charge < -0.3 is 9.47 Å². The number of rotatable bonds is 7. The summed E-state index contributed by atoms with van der Waals surface area (Å²) in [4.78, 5) is 16.4. The van der Waals surface area contributed by atoms with Gasteiger partial charge >= 0.3 is 5.97 Å². The van der Waals surface area contributed by atoms with Gasteiger partial charge in [0.25, 0.3) is 0 Å². The van der Waals surface area contributed by atoms with E-state index in [9.17, 15) is 4.79 Å². The Morgan fingerprint density at radius 1 is 1.21 bits per heavy atom. The number of hydrazone groups is 1. The first kappa shape index (κ1) is 18.2. The van der Waals surface area contributed by atoms with Crippen LogP contribution in [0.1, 0.15) is 18.4 Å². The largest absolute Gasteiger partial charge is 0.493 e. The number of hydrogen-bond acceptors (Lipinski definition) is 7. The van der Waals surface area contributed by atoms with E-state index in [1.54, 1.807) is 25.5 Å². The molecule has 6 nitrogen and oxygen atoms in total. The molecule has 0 aliphatic heterocycles. The van der Waals surface area contributed by atoms with Gasteiger partial charge in [-0.05, 0) is 36.6 Å². The highest BCUT2D eigenvalue weighted by Crippen LogP contribution is 2.34. The lowest BCUT2D eigenvalue weighted by atomic mass is 10.2. The van der Waals surface area contributed by atoms with Crippen LogP contribution in [0.25, 0.3) is 11.3 Å². The average molecular weight is 393 g/mol. The lowest BCUT2D eigenvalue weighted by molar-refractivity contribution is -0.135. The van der Waals surface area contributed by atoms with Crippen molar-refractivity contribution in [1.29, 1.82) is 0 Å². The van der Waals surface area contributed by atoms with E-state index in [0.29, 0.717) is 16.6 Å². The molecular weight excluding hydrogens is 374 g/mol. The Hall–Kier alpha value is -3.19. The summed E-state index contributed by atoms with van der Waals surface area (Å²) in [6.07, 6.45) is 3.47. The first-order valence-electron chi connectivity index (χ1n) is 8.92. The Balaban J connectivity index is 1.40. The van der Waals surface area contributed by atoms with Crippen LogP contribution >= 0.6 is 11.3 Å². The topological polar surface area (TPSA) is 72.8 Å². The number of anilines is 1. The fraction of sp³-hybridized carbons (Fsp3) is 0.190. The van der Waals surface area contributed by atoms with Crippen molar-refractivity contribution in [3.8, 4) is 22.8 Å². The molecule has 142 valence electrons. The Bertz CT molecular complexity index is 997. The van der Waals surface area contributed by atoms with E-state index in [2.05, 4.69) is 15.5 Å². The van der Waals surface area contributed by atoms with Gasteiger partial charge in [-0.3, -0.25) is 10.2 Å². The van der Waals surface area contributed by atoms with Gasteiger partial charge in [-0.2, -0.15) is 5.10 Å². The van der Waals surface area contributed by atoms with E-state index in [4.69, 9.17) is 9.47 Å². The van der Waals surface area contributed by atoms with Gasteiger partial charge in [0.1, 0.15) is 0 Å². The monoisotopic (exact) mass is 393 g/mol. The Morgan fingerprint density at radius 3 is 2.79 bits per heavy atom. The van der Waals surface area contributed by atoms with Crippen LogP contribution in [0.4, 0.5) is 5.13 Å². The van der Waals surface area contributed by atoms with Crippen LogP contribution in [0.3, 0.4) is 0 Å². The maximum absolute atomic E-state index is 11.8. The average Bonchev–Trinajstić information content (AvgIpc) is 3.48. The maximum atomic E-state index is 11.8. The van der Waals surface area contributed by atoms with Gasteiger partial charge in [-0.25, -0.2) is 4.98 Å². The van der Waals surface area contributed by atoms with E-state index in [-0.39, 0.29) is 11.9 Å². The van der Waals surface area contributed by atoms with Gasteiger partial charge in [0.2, 0.25) is 5.13 Å². The summed E-state index contributed by atoms with van der Waals surface area (Å²) in [6, 6.07) is 15.3. The van der Waals surface area contributed by atoms with Gasteiger partial charge in [-0.15, -0.1) is 11.3 Å². The first-order chi connectivity index (χ1) is 13.7. The Labute approximate surface area is 166 Å². The molecule has 1 aliphatic rings. The molecule has 7 heteroatoms. The molecule has 0 spiro atoms. The van der Waals surface area contributed by atoms with E-state index in [0.717, 1.165) is 29.7 Å². The van der Waals surface area contributed by atoms with Crippen LogP contribution in [0.2, 0.25) is 0 Å². The van der Waals surface area contributed by atoms with Crippen molar-refractivity contribution in [3.05, 3.63) is 59.5 Å². The standard InChI is InChI=1S/C21H19N3O3S/c1-26-19-11-14(7-10-18(19)27-20(25)16-8-9-16)12-22-24-21-23-17(13-28-21)15-5-3-2-4-6-15/h2-7,10-13,16H,8-9H2,1H3,(H,23,24). The molecule has 0 amide bonds. The van der Waals surface area contributed by atoms with Crippen molar-refractivity contribution in [1.82, 2.24) is 4.98 Å². The predicted molar refractivity (Wildman–Crippen MR) is 110 cm³/mol. The molecule has 1 saturated carbocycles. The third-order valence-corrected chi connectivity index (χ3v) is 5.00. The number of carbonyl (C=O) groups is 1. The number of carbonyl (C=O) groups excluding carboxylic acids is 1. The Kier molecular flexibility index (Phi) is 5.34. The minimum Gasteiger partial charge on any atom is -0.493 e. The number of ether oxygens (including phenoxy) is 2. The van der Waals surface area contributed by atoms with Crippen molar-refractivity contribution >= 4 is 28.7 Å². The SMILES string of the molecule is COc1cc(C=NNc2nc(-c3ccccc3)cs2)ccc1OC(=O)C1CC1. The molecule has 1 aromatic heterocycles. The molecule has 1 aliphatic carbocycles. The van der Waals surface area contributed by atoms with Crippen LogP contribution in [0.5, 0.6) is 11.5 Å². The summed E-state index contributed by atoms with van der Waals surface area (Å²) in [7, 11) is 1.55. The van der Waals surface area contributed by atoms with Crippen LogP contribution in [0, 0.1) is 5.92 Å². The quantitative estimate of drug-likeness (QED) is 0.275. The first-order valence-corrected chi connectivity index (χ1v) is 9.80. The van der Waals surface area contributed by atoms with E-state index in [1.165, 1.54) is 11.3 Å². The normalized spacial score (nSPS) is 13.5. The van der Waals surface area contributed by atoms with Crippen molar-refractivity contribution in [2.75, 3.05) is 12.5 Å². The zero-order valence-electron chi connectivity index (χ0n) is 15.3. The zero-order valence-corrected chi connectivity index (χ0v) is 16.1. The van der Waals surface area contributed by atoms with Crippen LogP contribution < -0.4 is 14.9 Å². The molecule has 0 unspecified atom stereocenters. The second kappa shape index (κ2) is 8.22. The molecule has 0 bridgehead atoms. The summed E-state index contributed by atoms with van der Waals surface area (Å²) in [5.41, 5.74) is 5.73. The van der Waals surface area contributed by atoms with Crippen LogP contribution in [-0.4, -0.2) is 24.3 Å². The van der Waals surface area contributed by atoms with Crippen LogP contribution in [-0.2, 0) is 4.79 Å². The minimum atomic E-state index is -0.195. The molecule has 28 heavy (non-hydrogen) atoms. The second-order valence-corrected chi connectivity index (χ2v) is 7.24. The number of aromatic nitrogens is 1. The van der Waals surface area contributed by atoms with Gasteiger partial charge in [0, 0.05) is 10.9 Å². The van der Waals surface area contributed by atoms with Crippen molar-refractivity contribution in [2.24, 2.45) is 11.0 Å². The molecule has 1 N–H and O–H groups in total. The number of nitrogens with zero attached hydrogens (tertiary/aromatic N) is 2. The highest BCUT2D eigenvalue weighted by Gasteiger charge is 2.32. The summed E-state index contributed by atoms with van der Waals surface area (Å²) in [6.45, 7) is 0. The smallest absolute Gasteiger partial charge is 0.314 e. The molecular formula is C21H19N3O3S. The van der Waals surface area contributed by atoms with Gasteiger partial charge in [0.05, 0.1) is 24.9 Å². The number of benzene rings is 2. The summed E-state index contributed by atoms with van der Waals surface area (Å²) in [5.74, 6) is 0.768. The highest BCUT2D eigenvalue weighted by molar-refractivity contribution is 7.14. The number of nitrogens with one attached hydrogen (secondary N) is 1. The molecule has 4 rings (SSSR count). The Morgan fingerprint density at radius 2 is 2.04 bits per heavy atom. The van der Waals surface area contributed by atoms with Crippen molar-refractivity contribution < 1.29 is 14.3 Å². The van der Waals surface area contributed by atoms with E-state index < -0.39 is 0 Å². The van der Waals surface area contributed by atoms with Crippen molar-refractivity contribution in [3.63, 3.8) is 0 Å². The molecule has 2 aromatic carbocycles. The molecule has 1 fully saturated rings. The molecule has 0 saturated heterocycles. The fourth-order valence-corrected chi connectivity index (χ4v) is 3.26. The minimum absolute atomic E-state index is 0.0363. The fourth-order valence-electron chi connectivity index (χ4n) is 2.59. The summed E-state index contributed by atoms with van der Waals surface area (Å²) in [5, 5.41) is 6.92. The van der Waals surface area contributed by atoms with Gasteiger partial charge in [-0.1, -0.05) is 30.3 Å². The number of esters is 1. The number of hydrogen-bond donors (Lipinski definition) is 1. The lowest BCUT2D eigenvalue weighted by Crippen LogP contribution is -2.10. The third-order valence-electron chi connectivity index (χ3n) is 4.26. The highest BCUT2D eigenvalue weighted by atomic mass is 32.1. The molecule has 1 heterocycles. The molecule has 3 aromatic rings. The predicted octanol–water partition coefficient (Wildman–Crippen LogP) is 4.58. The van der Waals surface area contributed by atoms with Crippen molar-refractivity contribution in [2.45, 2.75) is 12.8 Å². The maximum Gasteiger partial charge on any atom is 0.314 e. The van der Waals surface area contributed by atoms with E-state index >= 15 is 0 Å². The van der Waals surface area contributed by atoms with E-state index in [1.807, 2.05) is 41.8 Å². The summed E-state index contributed by atoms with van der Waals surface area (Å²) < 4.78 is 10.7.